The molecule has 0 saturated carbocycles. The summed E-state index contributed by atoms with van der Waals surface area (Å²) in [6, 6.07) is 13.7. The monoisotopic (exact) mass is 375 g/mol. The topological polar surface area (TPSA) is 73.9 Å². The molecule has 0 unspecified atom stereocenters. The second kappa shape index (κ2) is 6.51. The van der Waals surface area contributed by atoms with Crippen molar-refractivity contribution in [1.82, 2.24) is 15.0 Å². The van der Waals surface area contributed by atoms with Gasteiger partial charge in [0.1, 0.15) is 5.69 Å². The molecular formula is C20H17N5OS. The number of para-hydroxylation sites is 1. The van der Waals surface area contributed by atoms with Crippen molar-refractivity contribution in [3.05, 3.63) is 58.9 Å². The van der Waals surface area contributed by atoms with Gasteiger partial charge in [-0.3, -0.25) is 4.90 Å². The number of amides is 2. The Balaban J connectivity index is 1.41. The number of benzene rings is 2. The number of aromatic amines is 1. The Morgan fingerprint density at radius 2 is 2.15 bits per heavy atom. The Hall–Kier alpha value is -3.19. The van der Waals surface area contributed by atoms with Crippen LogP contribution < -0.4 is 10.2 Å². The van der Waals surface area contributed by atoms with Gasteiger partial charge in [-0.05, 0) is 42.7 Å². The summed E-state index contributed by atoms with van der Waals surface area (Å²) < 4.78 is 0. The fraction of sp³-hybridized carbons (Fsp3) is 0.150. The number of H-pyrrole nitrogens is 1. The first-order valence-electron chi connectivity index (χ1n) is 8.83. The highest BCUT2D eigenvalue weighted by atomic mass is 32.1. The predicted octanol–water partition coefficient (Wildman–Crippen LogP) is 4.67. The Bertz CT molecular complexity index is 1120. The number of rotatable bonds is 2. The molecule has 1 aliphatic heterocycles. The highest BCUT2D eigenvalue weighted by Gasteiger charge is 2.22. The molecule has 7 heteroatoms. The van der Waals surface area contributed by atoms with Crippen molar-refractivity contribution in [2.45, 2.75) is 12.8 Å². The number of fused-ring (bicyclic) bond motifs is 2. The number of nitrogens with zero attached hydrogens (tertiary/aromatic N) is 3. The fourth-order valence-electron chi connectivity index (χ4n) is 3.47. The minimum absolute atomic E-state index is 0.110. The number of carbonyl (C=O) groups excluding carboxylic acids is 1. The average molecular weight is 375 g/mol. The van der Waals surface area contributed by atoms with Gasteiger partial charge in [-0.25, -0.2) is 14.8 Å². The number of aryl methyl sites for hydroxylation is 1. The van der Waals surface area contributed by atoms with Crippen molar-refractivity contribution in [2.24, 2.45) is 0 Å². The summed E-state index contributed by atoms with van der Waals surface area (Å²) in [6.45, 7) is 0.725. The number of hydrogen-bond acceptors (Lipinski definition) is 4. The Morgan fingerprint density at radius 1 is 1.22 bits per heavy atom. The standard InChI is InChI=1S/C20H17N5OS/c26-20(25-9-3-5-13-4-1-2-6-18(13)25)22-14-7-8-15-16(10-14)24-19(23-15)17-11-27-12-21-17/h1-2,4,6-8,10-12H,3,5,9H2,(H,22,26)(H,23,24). The summed E-state index contributed by atoms with van der Waals surface area (Å²) >= 11 is 1.53. The van der Waals surface area contributed by atoms with E-state index in [0.717, 1.165) is 53.3 Å². The molecule has 3 heterocycles. The number of imidazole rings is 1. The van der Waals surface area contributed by atoms with Crippen LogP contribution in [0.3, 0.4) is 0 Å². The summed E-state index contributed by atoms with van der Waals surface area (Å²) in [5, 5.41) is 4.97. The van der Waals surface area contributed by atoms with Gasteiger partial charge >= 0.3 is 6.03 Å². The quantitative estimate of drug-likeness (QED) is 0.535. The highest BCUT2D eigenvalue weighted by Crippen LogP contribution is 2.28. The lowest BCUT2D eigenvalue weighted by Gasteiger charge is -2.29. The molecule has 0 atom stereocenters. The molecule has 1 aliphatic rings. The number of thiazole rings is 1. The summed E-state index contributed by atoms with van der Waals surface area (Å²) in [5.41, 5.74) is 7.28. The number of urea groups is 1. The minimum Gasteiger partial charge on any atom is -0.337 e. The van der Waals surface area contributed by atoms with Gasteiger partial charge < -0.3 is 10.3 Å². The van der Waals surface area contributed by atoms with Crippen molar-refractivity contribution in [3.8, 4) is 11.5 Å². The molecule has 0 radical (unpaired) electrons. The highest BCUT2D eigenvalue weighted by molar-refractivity contribution is 7.07. The van der Waals surface area contributed by atoms with E-state index in [2.05, 4.69) is 26.3 Å². The Labute approximate surface area is 159 Å². The predicted molar refractivity (Wildman–Crippen MR) is 108 cm³/mol. The molecule has 2 aromatic heterocycles. The van der Waals surface area contributed by atoms with Crippen LogP contribution >= 0.6 is 11.3 Å². The van der Waals surface area contributed by atoms with E-state index in [9.17, 15) is 4.79 Å². The molecule has 0 fully saturated rings. The van der Waals surface area contributed by atoms with E-state index in [4.69, 9.17) is 0 Å². The zero-order valence-corrected chi connectivity index (χ0v) is 15.3. The third-order valence-electron chi connectivity index (χ3n) is 4.76. The Kier molecular flexibility index (Phi) is 3.86. The lowest BCUT2D eigenvalue weighted by Crippen LogP contribution is -2.38. The van der Waals surface area contributed by atoms with E-state index in [1.54, 1.807) is 5.51 Å². The maximum absolute atomic E-state index is 12.8. The van der Waals surface area contributed by atoms with Gasteiger partial charge in [-0.2, -0.15) is 0 Å². The number of carbonyl (C=O) groups is 1. The van der Waals surface area contributed by atoms with Crippen molar-refractivity contribution in [3.63, 3.8) is 0 Å². The molecular weight excluding hydrogens is 358 g/mol. The normalized spacial score (nSPS) is 13.6. The van der Waals surface area contributed by atoms with Crippen molar-refractivity contribution in [1.29, 1.82) is 0 Å². The molecule has 134 valence electrons. The number of hydrogen-bond donors (Lipinski definition) is 2. The molecule has 6 nitrogen and oxygen atoms in total. The van der Waals surface area contributed by atoms with Crippen LogP contribution in [0.25, 0.3) is 22.6 Å². The van der Waals surface area contributed by atoms with Crippen LogP contribution in [-0.2, 0) is 6.42 Å². The van der Waals surface area contributed by atoms with Crippen LogP contribution in [0.4, 0.5) is 16.2 Å². The molecule has 0 bridgehead atoms. The SMILES string of the molecule is O=C(Nc1ccc2nc(-c3cscn3)[nH]c2c1)N1CCCc2ccccc21. The molecule has 5 rings (SSSR count). The zero-order chi connectivity index (χ0) is 18.2. The van der Waals surface area contributed by atoms with Gasteiger partial charge in [-0.1, -0.05) is 18.2 Å². The van der Waals surface area contributed by atoms with Crippen LogP contribution in [0, 0.1) is 0 Å². The van der Waals surface area contributed by atoms with Crippen molar-refractivity contribution in [2.75, 3.05) is 16.8 Å². The second-order valence-corrected chi connectivity index (χ2v) is 7.22. The molecule has 4 aromatic rings. The third kappa shape index (κ3) is 2.96. The Morgan fingerprint density at radius 3 is 3.04 bits per heavy atom. The lowest BCUT2D eigenvalue weighted by atomic mass is 10.0. The number of aromatic nitrogens is 3. The van der Waals surface area contributed by atoms with E-state index >= 15 is 0 Å². The second-order valence-electron chi connectivity index (χ2n) is 6.51. The van der Waals surface area contributed by atoms with Crippen LogP contribution in [0.15, 0.2) is 53.4 Å². The summed E-state index contributed by atoms with van der Waals surface area (Å²) in [7, 11) is 0. The van der Waals surface area contributed by atoms with E-state index in [1.165, 1.54) is 16.9 Å². The smallest absolute Gasteiger partial charge is 0.326 e. The molecule has 27 heavy (non-hydrogen) atoms. The summed E-state index contributed by atoms with van der Waals surface area (Å²) in [6.07, 6.45) is 1.99. The summed E-state index contributed by atoms with van der Waals surface area (Å²) in [4.78, 5) is 26.8. The first-order chi connectivity index (χ1) is 13.3. The van der Waals surface area contributed by atoms with E-state index < -0.39 is 0 Å². The number of nitrogens with one attached hydrogen (secondary N) is 2. The molecule has 2 amide bonds. The van der Waals surface area contributed by atoms with Crippen molar-refractivity contribution >= 4 is 39.8 Å². The van der Waals surface area contributed by atoms with Crippen LogP contribution in [0.5, 0.6) is 0 Å². The maximum Gasteiger partial charge on any atom is 0.326 e. The van der Waals surface area contributed by atoms with Crippen molar-refractivity contribution < 1.29 is 4.79 Å². The third-order valence-corrected chi connectivity index (χ3v) is 5.35. The minimum atomic E-state index is -0.110. The van der Waals surface area contributed by atoms with Gasteiger partial charge in [0, 0.05) is 23.3 Å². The van der Waals surface area contributed by atoms with Gasteiger partial charge in [-0.15, -0.1) is 11.3 Å². The first kappa shape index (κ1) is 16.0. The van der Waals surface area contributed by atoms with E-state index in [0.29, 0.717) is 0 Å². The average Bonchev–Trinajstić information content (AvgIpc) is 3.36. The summed E-state index contributed by atoms with van der Waals surface area (Å²) in [5.74, 6) is 0.736. The largest absolute Gasteiger partial charge is 0.337 e. The van der Waals surface area contributed by atoms with Gasteiger partial charge in [0.2, 0.25) is 0 Å². The zero-order valence-electron chi connectivity index (χ0n) is 14.5. The van der Waals surface area contributed by atoms with Crippen LogP contribution in [0.1, 0.15) is 12.0 Å². The molecule has 0 spiro atoms. The van der Waals surface area contributed by atoms with Gasteiger partial charge in [0.15, 0.2) is 5.82 Å². The van der Waals surface area contributed by atoms with Gasteiger partial charge in [0.05, 0.1) is 16.5 Å². The molecule has 2 N–H and O–H groups in total. The first-order valence-corrected chi connectivity index (χ1v) is 9.77. The number of anilines is 2. The molecule has 0 aliphatic carbocycles. The van der Waals surface area contributed by atoms with E-state index in [1.807, 2.05) is 46.7 Å². The van der Waals surface area contributed by atoms with Gasteiger partial charge in [0.25, 0.3) is 0 Å². The van der Waals surface area contributed by atoms with Crippen LogP contribution in [0.2, 0.25) is 0 Å². The molecule has 2 aromatic carbocycles. The fourth-order valence-corrected chi connectivity index (χ4v) is 4.01. The van der Waals surface area contributed by atoms with Crippen LogP contribution in [-0.4, -0.2) is 27.5 Å². The van der Waals surface area contributed by atoms with E-state index in [-0.39, 0.29) is 6.03 Å². The lowest BCUT2D eigenvalue weighted by molar-refractivity contribution is 0.256. The maximum atomic E-state index is 12.8. The molecule has 0 saturated heterocycles.